The van der Waals surface area contributed by atoms with Crippen LogP contribution in [0.2, 0.25) is 0 Å². The fourth-order valence-corrected chi connectivity index (χ4v) is 5.00. The molecule has 10 heteroatoms. The van der Waals surface area contributed by atoms with Crippen LogP contribution >= 0.6 is 11.3 Å². The van der Waals surface area contributed by atoms with Crippen LogP contribution < -0.4 is 4.74 Å². The minimum Gasteiger partial charge on any atom is -0.496 e. The number of hydrogen-bond donors (Lipinski definition) is 0. The van der Waals surface area contributed by atoms with Gasteiger partial charge in [0.05, 0.1) is 13.4 Å². The zero-order valence-electron chi connectivity index (χ0n) is 15.6. The first-order valence-electron chi connectivity index (χ1n) is 8.94. The predicted octanol–water partition coefficient (Wildman–Crippen LogP) is 2.50. The van der Waals surface area contributed by atoms with Crippen LogP contribution in [0, 0.1) is 0 Å². The lowest BCUT2D eigenvalue weighted by Gasteiger charge is -2.28. The van der Waals surface area contributed by atoms with Crippen molar-refractivity contribution in [3.63, 3.8) is 0 Å². The number of nitrogens with zero attached hydrogens (tertiary/aromatic N) is 5. The summed E-state index contributed by atoms with van der Waals surface area (Å²) in [6.45, 7) is 1.01. The minimum atomic E-state index is -3.14. The van der Waals surface area contributed by atoms with Gasteiger partial charge in [-0.2, -0.15) is 9.61 Å². The van der Waals surface area contributed by atoms with Crippen LogP contribution in [-0.4, -0.2) is 59.0 Å². The molecule has 0 amide bonds. The van der Waals surface area contributed by atoms with Gasteiger partial charge in [0.15, 0.2) is 5.82 Å². The lowest BCUT2D eigenvalue weighted by atomic mass is 9.97. The second kappa shape index (κ2) is 7.61. The second-order valence-corrected chi connectivity index (χ2v) is 9.67. The van der Waals surface area contributed by atoms with E-state index in [1.165, 1.54) is 21.9 Å². The van der Waals surface area contributed by atoms with Crippen molar-refractivity contribution in [1.29, 1.82) is 0 Å². The molecule has 0 N–H and O–H groups in total. The molecule has 148 valence electrons. The summed E-state index contributed by atoms with van der Waals surface area (Å²) in [6, 6.07) is 7.79. The smallest absolute Gasteiger partial charge is 0.234 e. The Hall–Kier alpha value is -2.30. The number of benzene rings is 1. The SMILES string of the molecule is COc1ccccc1C=Cc1nn2c(C3CCN(S(C)(=O)=O)CC3)nnc2s1. The van der Waals surface area contributed by atoms with Gasteiger partial charge in [0.25, 0.3) is 0 Å². The summed E-state index contributed by atoms with van der Waals surface area (Å²) in [6.07, 6.45) is 6.60. The van der Waals surface area contributed by atoms with Crippen molar-refractivity contribution in [2.45, 2.75) is 18.8 Å². The second-order valence-electron chi connectivity index (χ2n) is 6.70. The summed E-state index contributed by atoms with van der Waals surface area (Å²) in [5, 5.41) is 14.0. The van der Waals surface area contributed by atoms with E-state index in [4.69, 9.17) is 4.74 Å². The van der Waals surface area contributed by atoms with Gasteiger partial charge in [-0.25, -0.2) is 12.7 Å². The average molecular weight is 420 g/mol. The molecule has 3 aromatic rings. The highest BCUT2D eigenvalue weighted by molar-refractivity contribution is 7.88. The maximum absolute atomic E-state index is 11.7. The van der Waals surface area contributed by atoms with Crippen molar-refractivity contribution < 1.29 is 13.2 Å². The van der Waals surface area contributed by atoms with Gasteiger partial charge in [-0.1, -0.05) is 29.5 Å². The summed E-state index contributed by atoms with van der Waals surface area (Å²) in [7, 11) is -1.49. The van der Waals surface area contributed by atoms with Crippen molar-refractivity contribution in [2.75, 3.05) is 26.5 Å². The van der Waals surface area contributed by atoms with Gasteiger partial charge in [-0.15, -0.1) is 10.2 Å². The highest BCUT2D eigenvalue weighted by atomic mass is 32.2. The molecule has 2 aromatic heterocycles. The number of sulfonamides is 1. The fourth-order valence-electron chi connectivity index (χ4n) is 3.38. The van der Waals surface area contributed by atoms with Gasteiger partial charge in [0, 0.05) is 24.6 Å². The number of rotatable bonds is 5. The molecule has 0 unspecified atom stereocenters. The van der Waals surface area contributed by atoms with Gasteiger partial charge >= 0.3 is 0 Å². The van der Waals surface area contributed by atoms with E-state index in [0.717, 1.165) is 39.9 Å². The molecule has 1 saturated heterocycles. The van der Waals surface area contributed by atoms with Gasteiger partial charge in [0.2, 0.25) is 15.0 Å². The van der Waals surface area contributed by atoms with E-state index in [1.807, 2.05) is 36.4 Å². The normalized spacial score (nSPS) is 16.9. The van der Waals surface area contributed by atoms with E-state index in [0.29, 0.717) is 13.1 Å². The molecule has 4 rings (SSSR count). The Balaban J connectivity index is 1.54. The van der Waals surface area contributed by atoms with Crippen LogP contribution in [0.5, 0.6) is 5.75 Å². The molecule has 1 aliphatic rings. The fraction of sp³-hybridized carbons (Fsp3) is 0.389. The molecular weight excluding hydrogens is 398 g/mol. The largest absolute Gasteiger partial charge is 0.496 e. The van der Waals surface area contributed by atoms with Crippen LogP contribution in [0.15, 0.2) is 24.3 Å². The lowest BCUT2D eigenvalue weighted by Crippen LogP contribution is -2.37. The quantitative estimate of drug-likeness (QED) is 0.631. The van der Waals surface area contributed by atoms with Gasteiger partial charge in [-0.05, 0) is 31.1 Å². The van der Waals surface area contributed by atoms with E-state index < -0.39 is 10.0 Å². The minimum absolute atomic E-state index is 0.154. The first kappa shape index (κ1) is 19.0. The number of piperidine rings is 1. The highest BCUT2D eigenvalue weighted by Gasteiger charge is 2.29. The number of ether oxygens (including phenoxy) is 1. The monoisotopic (exact) mass is 419 g/mol. The molecule has 8 nitrogen and oxygen atoms in total. The molecule has 1 aliphatic heterocycles. The summed E-state index contributed by atoms with van der Waals surface area (Å²) < 4.78 is 32.1. The number of para-hydroxylation sites is 1. The molecule has 3 heterocycles. The summed E-state index contributed by atoms with van der Waals surface area (Å²) in [5.74, 6) is 1.76. The first-order valence-corrected chi connectivity index (χ1v) is 11.6. The van der Waals surface area contributed by atoms with E-state index >= 15 is 0 Å². The molecule has 1 aromatic carbocycles. The lowest BCUT2D eigenvalue weighted by molar-refractivity contribution is 0.313. The van der Waals surface area contributed by atoms with Crippen LogP contribution in [0.1, 0.15) is 35.2 Å². The van der Waals surface area contributed by atoms with Crippen molar-refractivity contribution in [2.24, 2.45) is 0 Å². The Bertz CT molecular complexity index is 1110. The highest BCUT2D eigenvalue weighted by Crippen LogP contribution is 2.29. The zero-order valence-corrected chi connectivity index (χ0v) is 17.3. The third kappa shape index (κ3) is 3.80. The standard InChI is InChI=1S/C18H21N5O3S2/c1-26-15-6-4-3-5-13(15)7-8-16-21-23-17(19-20-18(23)27-16)14-9-11-22(12-10-14)28(2,24)25/h3-8,14H,9-12H2,1-2H3. The Morgan fingerprint density at radius 1 is 1.18 bits per heavy atom. The summed E-state index contributed by atoms with van der Waals surface area (Å²) in [4.78, 5) is 0.736. The molecule has 1 fully saturated rings. The van der Waals surface area contributed by atoms with Gasteiger partial charge < -0.3 is 4.74 Å². The van der Waals surface area contributed by atoms with Gasteiger partial charge in [-0.3, -0.25) is 0 Å². The van der Waals surface area contributed by atoms with Crippen molar-refractivity contribution >= 4 is 38.5 Å². The molecule has 0 spiro atoms. The van der Waals surface area contributed by atoms with Crippen LogP contribution in [-0.2, 0) is 10.0 Å². The topological polar surface area (TPSA) is 89.7 Å². The number of hydrogen-bond acceptors (Lipinski definition) is 7. The van der Waals surface area contributed by atoms with Crippen molar-refractivity contribution in [3.05, 3.63) is 40.7 Å². The van der Waals surface area contributed by atoms with Crippen LogP contribution in [0.4, 0.5) is 0 Å². The van der Waals surface area contributed by atoms with Crippen LogP contribution in [0.3, 0.4) is 0 Å². The maximum atomic E-state index is 11.7. The molecular formula is C18H21N5O3S2. The molecule has 0 radical (unpaired) electrons. The summed E-state index contributed by atoms with van der Waals surface area (Å²) in [5.41, 5.74) is 0.976. The third-order valence-corrected chi connectivity index (χ3v) is 7.03. The average Bonchev–Trinajstić information content (AvgIpc) is 3.26. The maximum Gasteiger partial charge on any atom is 0.234 e. The van der Waals surface area contributed by atoms with Gasteiger partial charge in [0.1, 0.15) is 10.8 Å². The van der Waals surface area contributed by atoms with E-state index in [9.17, 15) is 8.42 Å². The Labute approximate surface area is 167 Å². The van der Waals surface area contributed by atoms with Crippen molar-refractivity contribution in [3.8, 4) is 5.75 Å². The number of methoxy groups -OCH3 is 1. The number of fused-ring (bicyclic) bond motifs is 1. The molecule has 28 heavy (non-hydrogen) atoms. The van der Waals surface area contributed by atoms with E-state index in [-0.39, 0.29) is 5.92 Å². The predicted molar refractivity (Wildman–Crippen MR) is 109 cm³/mol. The first-order chi connectivity index (χ1) is 13.5. The summed E-state index contributed by atoms with van der Waals surface area (Å²) >= 11 is 1.46. The molecule has 0 saturated carbocycles. The molecule has 0 aliphatic carbocycles. The number of aromatic nitrogens is 4. The molecule has 0 atom stereocenters. The zero-order chi connectivity index (χ0) is 19.7. The van der Waals surface area contributed by atoms with E-state index in [2.05, 4.69) is 15.3 Å². The van der Waals surface area contributed by atoms with E-state index in [1.54, 1.807) is 11.6 Å². The Kier molecular flexibility index (Phi) is 5.17. The van der Waals surface area contributed by atoms with Crippen LogP contribution in [0.25, 0.3) is 17.1 Å². The third-order valence-electron chi connectivity index (χ3n) is 4.86. The molecule has 0 bridgehead atoms. The Morgan fingerprint density at radius 3 is 2.64 bits per heavy atom. The van der Waals surface area contributed by atoms with Crippen molar-refractivity contribution in [1.82, 2.24) is 24.1 Å². The Morgan fingerprint density at radius 2 is 1.93 bits per heavy atom.